The summed E-state index contributed by atoms with van der Waals surface area (Å²) in [7, 11) is 0. The number of amides is 1. The van der Waals surface area contributed by atoms with Crippen LogP contribution in [0.2, 0.25) is 0 Å². The lowest BCUT2D eigenvalue weighted by Gasteiger charge is -1.98. The molecule has 0 aliphatic rings. The normalized spacial score (nSPS) is 11.0. The maximum Gasteiger partial charge on any atom is 0.234 e. The van der Waals surface area contributed by atoms with Crippen LogP contribution in [0.1, 0.15) is 17.2 Å². The molecule has 1 N–H and O–H groups in total. The number of carbonyl (C=O) groups excluding carboxylic acids is 1. The van der Waals surface area contributed by atoms with Gasteiger partial charge in [-0.15, -0.1) is 10.2 Å². The zero-order valence-electron chi connectivity index (χ0n) is 10.0. The summed E-state index contributed by atoms with van der Waals surface area (Å²) >= 11 is 1.42. The molecular formula is C10H10N6O2S. The third kappa shape index (κ3) is 2.60. The molecule has 3 heterocycles. The molecule has 0 spiro atoms. The number of fused-ring (bicyclic) bond motifs is 1. The highest BCUT2D eigenvalue weighted by Crippen LogP contribution is 2.14. The molecule has 0 atom stereocenters. The summed E-state index contributed by atoms with van der Waals surface area (Å²) in [5.74, 6) is 0.962. The van der Waals surface area contributed by atoms with Crippen LogP contribution < -0.4 is 5.32 Å². The minimum Gasteiger partial charge on any atom is -0.360 e. The van der Waals surface area contributed by atoms with Gasteiger partial charge in [0.05, 0.1) is 0 Å². The van der Waals surface area contributed by atoms with E-state index >= 15 is 0 Å². The Hall–Kier alpha value is -2.29. The number of aromatic nitrogens is 5. The molecule has 0 fully saturated rings. The summed E-state index contributed by atoms with van der Waals surface area (Å²) in [6.07, 6.45) is 2.42. The van der Waals surface area contributed by atoms with Crippen LogP contribution in [0, 0.1) is 6.92 Å². The third-order valence-corrected chi connectivity index (χ3v) is 3.36. The molecule has 0 saturated heterocycles. The van der Waals surface area contributed by atoms with Crippen LogP contribution in [0.4, 0.5) is 5.82 Å². The molecule has 0 unspecified atom stereocenters. The van der Waals surface area contributed by atoms with E-state index in [9.17, 15) is 4.79 Å². The Balaban J connectivity index is 1.57. The van der Waals surface area contributed by atoms with Crippen LogP contribution in [0.15, 0.2) is 16.9 Å². The number of nitrogens with zero attached hydrogens (tertiary/aromatic N) is 5. The van der Waals surface area contributed by atoms with Gasteiger partial charge < -0.3 is 9.84 Å². The van der Waals surface area contributed by atoms with Gasteiger partial charge in [-0.2, -0.15) is 9.61 Å². The van der Waals surface area contributed by atoms with Gasteiger partial charge in [0.2, 0.25) is 10.9 Å². The highest BCUT2D eigenvalue weighted by atomic mass is 32.1. The minimum absolute atomic E-state index is 0.126. The van der Waals surface area contributed by atoms with E-state index < -0.39 is 0 Å². The van der Waals surface area contributed by atoms with Crippen LogP contribution in [0.25, 0.3) is 4.96 Å². The van der Waals surface area contributed by atoms with Gasteiger partial charge in [0.25, 0.3) is 0 Å². The predicted octanol–water partition coefficient (Wildman–Crippen LogP) is 1.05. The maximum atomic E-state index is 11.7. The first-order valence-electron chi connectivity index (χ1n) is 5.59. The number of carbonyl (C=O) groups is 1. The largest absolute Gasteiger partial charge is 0.360 e. The first-order valence-corrected chi connectivity index (χ1v) is 6.41. The molecule has 3 aromatic heterocycles. The van der Waals surface area contributed by atoms with Crippen LogP contribution in [0.5, 0.6) is 0 Å². The maximum absolute atomic E-state index is 11.7. The van der Waals surface area contributed by atoms with Crippen molar-refractivity contribution in [1.82, 2.24) is 25.0 Å². The molecule has 8 nitrogen and oxygen atoms in total. The summed E-state index contributed by atoms with van der Waals surface area (Å²) in [5, 5.41) is 19.1. The summed E-state index contributed by atoms with van der Waals surface area (Å²) in [4.78, 5) is 12.4. The molecule has 0 aromatic carbocycles. The smallest absolute Gasteiger partial charge is 0.234 e. The Kier molecular flexibility index (Phi) is 2.95. The van der Waals surface area contributed by atoms with Gasteiger partial charge >= 0.3 is 0 Å². The fraction of sp³-hybridized carbons (Fsp3) is 0.300. The molecule has 0 aliphatic carbocycles. The van der Waals surface area contributed by atoms with Crippen LogP contribution in [0.3, 0.4) is 0 Å². The molecule has 3 rings (SSSR count). The Morgan fingerprint density at radius 1 is 1.58 bits per heavy atom. The highest BCUT2D eigenvalue weighted by molar-refractivity contribution is 7.16. The molecule has 0 aliphatic heterocycles. The van der Waals surface area contributed by atoms with Crippen molar-refractivity contribution < 1.29 is 9.32 Å². The van der Waals surface area contributed by atoms with Crippen molar-refractivity contribution in [2.45, 2.75) is 19.8 Å². The van der Waals surface area contributed by atoms with Gasteiger partial charge in [0.1, 0.15) is 17.1 Å². The van der Waals surface area contributed by atoms with Crippen molar-refractivity contribution >= 4 is 28.0 Å². The predicted molar refractivity (Wildman–Crippen MR) is 66.8 cm³/mol. The molecule has 19 heavy (non-hydrogen) atoms. The second-order valence-electron chi connectivity index (χ2n) is 3.92. The second-order valence-corrected chi connectivity index (χ2v) is 4.97. The van der Waals surface area contributed by atoms with Gasteiger partial charge in [-0.3, -0.25) is 4.79 Å². The van der Waals surface area contributed by atoms with E-state index in [4.69, 9.17) is 4.52 Å². The quantitative estimate of drug-likeness (QED) is 0.766. The van der Waals surface area contributed by atoms with Gasteiger partial charge in [-0.05, 0) is 6.92 Å². The first-order chi connectivity index (χ1) is 9.20. The van der Waals surface area contributed by atoms with E-state index in [1.807, 2.05) is 0 Å². The highest BCUT2D eigenvalue weighted by Gasteiger charge is 2.10. The van der Waals surface area contributed by atoms with Gasteiger partial charge in [-0.25, -0.2) is 0 Å². The molecule has 0 bridgehead atoms. The van der Waals surface area contributed by atoms with Crippen molar-refractivity contribution in [2.24, 2.45) is 0 Å². The first kappa shape index (κ1) is 11.8. The van der Waals surface area contributed by atoms with E-state index in [2.05, 4.69) is 25.8 Å². The number of aryl methyl sites for hydroxylation is 2. The number of hydrogen-bond donors (Lipinski definition) is 1. The van der Waals surface area contributed by atoms with Crippen LogP contribution in [-0.2, 0) is 11.2 Å². The zero-order valence-corrected chi connectivity index (χ0v) is 10.8. The number of hydrogen-bond acceptors (Lipinski definition) is 7. The Morgan fingerprint density at radius 2 is 2.47 bits per heavy atom. The lowest BCUT2D eigenvalue weighted by Crippen LogP contribution is -2.12. The van der Waals surface area contributed by atoms with E-state index in [1.54, 1.807) is 17.5 Å². The molecule has 98 valence electrons. The second kappa shape index (κ2) is 4.76. The minimum atomic E-state index is -0.126. The third-order valence-electron chi connectivity index (χ3n) is 2.39. The van der Waals surface area contributed by atoms with Gasteiger partial charge in [0, 0.05) is 18.9 Å². The summed E-state index contributed by atoms with van der Waals surface area (Å²) in [6.45, 7) is 1.77. The molecule has 0 radical (unpaired) electrons. The summed E-state index contributed by atoms with van der Waals surface area (Å²) in [5.41, 5.74) is 0. The van der Waals surface area contributed by atoms with E-state index in [-0.39, 0.29) is 5.91 Å². The van der Waals surface area contributed by atoms with Crippen molar-refractivity contribution in [3.8, 4) is 0 Å². The Labute approximate surface area is 111 Å². The number of anilines is 1. The standard InChI is InChI=1S/C10H10N6O2S/c1-6-4-7(15-18-6)12-8(17)2-3-9-14-16-5-11-13-10(16)19-9/h4-5H,2-3H2,1H3,(H,12,15,17). The Bertz CT molecular complexity index is 686. The monoisotopic (exact) mass is 278 g/mol. The van der Waals surface area contributed by atoms with E-state index in [0.717, 1.165) is 9.97 Å². The fourth-order valence-corrected chi connectivity index (χ4v) is 2.37. The average Bonchev–Trinajstić information content (AvgIpc) is 3.02. The van der Waals surface area contributed by atoms with Crippen molar-refractivity contribution in [2.75, 3.05) is 5.32 Å². The molecule has 0 saturated carbocycles. The summed E-state index contributed by atoms with van der Waals surface area (Å²) < 4.78 is 6.46. The van der Waals surface area contributed by atoms with E-state index in [1.165, 1.54) is 17.7 Å². The molecule has 1 amide bonds. The lowest BCUT2D eigenvalue weighted by molar-refractivity contribution is -0.116. The molecular weight excluding hydrogens is 268 g/mol. The number of nitrogens with one attached hydrogen (secondary N) is 1. The van der Waals surface area contributed by atoms with Crippen molar-refractivity contribution in [3.05, 3.63) is 23.2 Å². The Morgan fingerprint density at radius 3 is 3.21 bits per heavy atom. The van der Waals surface area contributed by atoms with Crippen LogP contribution in [-0.4, -0.2) is 30.9 Å². The van der Waals surface area contributed by atoms with E-state index in [0.29, 0.717) is 24.4 Å². The van der Waals surface area contributed by atoms with Crippen LogP contribution >= 0.6 is 11.3 Å². The zero-order chi connectivity index (χ0) is 13.2. The van der Waals surface area contributed by atoms with Crippen molar-refractivity contribution in [3.63, 3.8) is 0 Å². The average molecular weight is 278 g/mol. The summed E-state index contributed by atoms with van der Waals surface area (Å²) in [6, 6.07) is 1.67. The SMILES string of the molecule is Cc1cc(NC(=O)CCc2nn3cnnc3s2)no1. The van der Waals surface area contributed by atoms with Gasteiger partial charge in [0.15, 0.2) is 5.82 Å². The van der Waals surface area contributed by atoms with Crippen molar-refractivity contribution in [1.29, 1.82) is 0 Å². The lowest BCUT2D eigenvalue weighted by atomic mass is 10.3. The molecule has 3 aromatic rings. The number of rotatable bonds is 4. The topological polar surface area (TPSA) is 98.2 Å². The van der Waals surface area contributed by atoms with Gasteiger partial charge in [-0.1, -0.05) is 16.5 Å². The fourth-order valence-electron chi connectivity index (χ4n) is 1.55. The molecule has 9 heteroatoms.